The summed E-state index contributed by atoms with van der Waals surface area (Å²) in [4.78, 5) is 4.13. The molecule has 0 unspecified atom stereocenters. The van der Waals surface area contributed by atoms with Gasteiger partial charge in [0.05, 0.1) is 50.1 Å². The van der Waals surface area contributed by atoms with Crippen molar-refractivity contribution in [3.63, 3.8) is 0 Å². The third-order valence-electron chi connectivity index (χ3n) is 8.71. The summed E-state index contributed by atoms with van der Waals surface area (Å²) < 4.78 is 87.2. The van der Waals surface area contributed by atoms with Crippen LogP contribution in [-0.4, -0.2) is 14.1 Å². The van der Waals surface area contributed by atoms with Gasteiger partial charge in [0.2, 0.25) is 0 Å². The van der Waals surface area contributed by atoms with E-state index in [2.05, 4.69) is 11.1 Å². The fourth-order valence-electron chi connectivity index (χ4n) is 6.61. The minimum atomic E-state index is -4.61. The molecule has 8 aromatic rings. The minimum Gasteiger partial charge on any atom is -0.309 e. The van der Waals surface area contributed by atoms with Gasteiger partial charge >= 0.3 is 12.4 Å². The molecular formula is C38H20F6N4. The molecular weight excluding hydrogens is 626 g/mol. The number of halogens is 6. The number of alkyl halides is 6. The highest BCUT2D eigenvalue weighted by Gasteiger charge is 2.33. The van der Waals surface area contributed by atoms with Crippen LogP contribution in [0.2, 0.25) is 0 Å². The lowest BCUT2D eigenvalue weighted by Crippen LogP contribution is -2.07. The Balaban J connectivity index is 1.52. The van der Waals surface area contributed by atoms with E-state index in [9.17, 15) is 31.6 Å². The summed E-state index contributed by atoms with van der Waals surface area (Å²) in [6, 6.07) is 30.4. The van der Waals surface area contributed by atoms with E-state index in [0.29, 0.717) is 55.1 Å². The van der Waals surface area contributed by atoms with Crippen LogP contribution in [0.4, 0.5) is 26.3 Å². The molecule has 0 fully saturated rings. The molecule has 0 aliphatic heterocycles. The Morgan fingerprint density at radius 2 is 1.00 bits per heavy atom. The summed E-state index contributed by atoms with van der Waals surface area (Å²) >= 11 is 0. The fraction of sp³-hybridized carbons (Fsp3) is 0.0526. The van der Waals surface area contributed by atoms with Crippen molar-refractivity contribution in [2.75, 3.05) is 0 Å². The van der Waals surface area contributed by atoms with Gasteiger partial charge in [0.1, 0.15) is 6.07 Å². The van der Waals surface area contributed by atoms with Gasteiger partial charge in [-0.1, -0.05) is 48.5 Å². The van der Waals surface area contributed by atoms with Crippen molar-refractivity contribution in [1.29, 1.82) is 5.26 Å². The molecule has 3 aromatic heterocycles. The number of nitriles is 1. The maximum Gasteiger partial charge on any atom is 0.416 e. The van der Waals surface area contributed by atoms with Crippen molar-refractivity contribution in [3.05, 3.63) is 138 Å². The van der Waals surface area contributed by atoms with E-state index in [1.807, 2.05) is 12.1 Å². The second-order valence-corrected chi connectivity index (χ2v) is 11.4. The van der Waals surface area contributed by atoms with Crippen molar-refractivity contribution >= 4 is 43.6 Å². The number of pyridine rings is 1. The van der Waals surface area contributed by atoms with Crippen LogP contribution in [-0.2, 0) is 12.4 Å². The molecule has 5 aromatic carbocycles. The highest BCUT2D eigenvalue weighted by atomic mass is 19.4. The number of nitrogens with zero attached hydrogens (tertiary/aromatic N) is 4. The van der Waals surface area contributed by atoms with Crippen LogP contribution < -0.4 is 0 Å². The monoisotopic (exact) mass is 646 g/mol. The lowest BCUT2D eigenvalue weighted by atomic mass is 10.00. The average Bonchev–Trinajstić information content (AvgIpc) is 3.59. The maximum atomic E-state index is 14.0. The highest BCUT2D eigenvalue weighted by molar-refractivity contribution is 6.11. The number of fused-ring (bicyclic) bond motifs is 6. The summed E-state index contributed by atoms with van der Waals surface area (Å²) in [5.74, 6) is 0. The number of rotatable bonds is 3. The lowest BCUT2D eigenvalue weighted by Gasteiger charge is -2.19. The molecule has 0 spiro atoms. The summed E-state index contributed by atoms with van der Waals surface area (Å²) in [7, 11) is 0. The standard InChI is InChI=1S/C38H20F6N4/c39-37(40,41)24-9-11-28-26-5-1-3-7-31(26)47(35(28)18-24)33-20-30(22-13-15-46-16-14-22)34(17-23(33)21-45)48-32-8-4-2-6-27(32)29-12-10-25(19-36(29)48)38(42,43)44/h1-20H. The normalized spacial score (nSPS) is 12.4. The zero-order chi connectivity index (χ0) is 33.4. The van der Waals surface area contributed by atoms with Gasteiger partial charge in [-0.25, -0.2) is 0 Å². The molecule has 0 saturated heterocycles. The number of aromatic nitrogens is 3. The van der Waals surface area contributed by atoms with E-state index in [0.717, 1.165) is 24.3 Å². The number of para-hydroxylation sites is 2. The van der Waals surface area contributed by atoms with Gasteiger partial charge in [-0.05, 0) is 66.2 Å². The van der Waals surface area contributed by atoms with E-state index in [-0.39, 0.29) is 16.6 Å². The molecule has 0 atom stereocenters. The van der Waals surface area contributed by atoms with Gasteiger partial charge in [0, 0.05) is 39.5 Å². The molecule has 0 amide bonds. The molecule has 3 heterocycles. The zero-order valence-electron chi connectivity index (χ0n) is 24.6. The molecule has 0 radical (unpaired) electrons. The molecule has 8 rings (SSSR count). The van der Waals surface area contributed by atoms with Crippen LogP contribution in [0.1, 0.15) is 16.7 Å². The van der Waals surface area contributed by atoms with Crippen molar-refractivity contribution in [2.45, 2.75) is 12.4 Å². The van der Waals surface area contributed by atoms with Crippen molar-refractivity contribution < 1.29 is 26.3 Å². The second kappa shape index (κ2) is 10.5. The third-order valence-corrected chi connectivity index (χ3v) is 8.71. The molecule has 0 aliphatic rings. The van der Waals surface area contributed by atoms with Gasteiger partial charge in [0.15, 0.2) is 0 Å². The van der Waals surface area contributed by atoms with E-state index >= 15 is 0 Å². The Kier molecular flexibility index (Phi) is 6.40. The number of hydrogen-bond acceptors (Lipinski definition) is 2. The van der Waals surface area contributed by atoms with Crippen molar-refractivity contribution in [3.8, 4) is 28.6 Å². The van der Waals surface area contributed by atoms with Gasteiger partial charge in [-0.3, -0.25) is 4.98 Å². The van der Waals surface area contributed by atoms with Crippen molar-refractivity contribution in [1.82, 2.24) is 14.1 Å². The summed E-state index contributed by atoms with van der Waals surface area (Å²) in [5.41, 5.74) is 2.09. The Morgan fingerprint density at radius 1 is 0.521 bits per heavy atom. The summed E-state index contributed by atoms with van der Waals surface area (Å²) in [5, 5.41) is 13.2. The predicted molar refractivity (Wildman–Crippen MR) is 173 cm³/mol. The van der Waals surface area contributed by atoms with Crippen molar-refractivity contribution in [2.24, 2.45) is 0 Å². The Bertz CT molecular complexity index is 2600. The van der Waals surface area contributed by atoms with Crippen LogP contribution in [0, 0.1) is 11.3 Å². The Labute approximate surface area is 268 Å². The highest BCUT2D eigenvalue weighted by Crippen LogP contribution is 2.43. The smallest absolute Gasteiger partial charge is 0.309 e. The van der Waals surface area contributed by atoms with Gasteiger partial charge in [-0.15, -0.1) is 0 Å². The lowest BCUT2D eigenvalue weighted by molar-refractivity contribution is -0.138. The predicted octanol–water partition coefficient (Wildman–Crippen LogP) is 10.9. The molecule has 234 valence electrons. The Hall–Kier alpha value is -6.08. The molecule has 10 heteroatoms. The number of benzene rings is 5. The topological polar surface area (TPSA) is 46.5 Å². The first-order valence-corrected chi connectivity index (χ1v) is 14.7. The molecule has 0 aliphatic carbocycles. The zero-order valence-corrected chi connectivity index (χ0v) is 24.6. The van der Waals surface area contributed by atoms with Gasteiger partial charge in [-0.2, -0.15) is 31.6 Å². The largest absolute Gasteiger partial charge is 0.416 e. The third kappa shape index (κ3) is 4.50. The minimum absolute atomic E-state index is 0.112. The molecule has 0 saturated carbocycles. The summed E-state index contributed by atoms with van der Waals surface area (Å²) in [6.45, 7) is 0. The molecule has 0 N–H and O–H groups in total. The second-order valence-electron chi connectivity index (χ2n) is 11.4. The van der Waals surface area contributed by atoms with Crippen LogP contribution in [0.5, 0.6) is 0 Å². The average molecular weight is 647 g/mol. The summed E-state index contributed by atoms with van der Waals surface area (Å²) in [6.07, 6.45) is -6.07. The SMILES string of the molecule is N#Cc1cc(-n2c3ccccc3c3ccc(C(F)(F)F)cc32)c(-c2ccncc2)cc1-n1c2ccccc2c2ccc(C(F)(F)F)cc21. The van der Waals surface area contributed by atoms with Gasteiger partial charge in [0.25, 0.3) is 0 Å². The van der Waals surface area contributed by atoms with E-state index in [1.165, 1.54) is 12.1 Å². The first kappa shape index (κ1) is 29.3. The van der Waals surface area contributed by atoms with Crippen LogP contribution in [0.15, 0.2) is 122 Å². The molecule has 4 nitrogen and oxygen atoms in total. The number of hydrogen-bond donors (Lipinski definition) is 0. The Morgan fingerprint density at radius 3 is 1.50 bits per heavy atom. The molecule has 48 heavy (non-hydrogen) atoms. The van der Waals surface area contributed by atoms with Crippen LogP contribution >= 0.6 is 0 Å². The maximum absolute atomic E-state index is 14.0. The molecule has 0 bridgehead atoms. The van der Waals surface area contributed by atoms with Crippen LogP contribution in [0.3, 0.4) is 0 Å². The van der Waals surface area contributed by atoms with Crippen LogP contribution in [0.25, 0.3) is 66.1 Å². The van der Waals surface area contributed by atoms with E-state index < -0.39 is 23.5 Å². The quantitative estimate of drug-likeness (QED) is 0.179. The van der Waals surface area contributed by atoms with E-state index in [1.54, 1.807) is 82.2 Å². The first-order chi connectivity index (χ1) is 23.0. The van der Waals surface area contributed by atoms with E-state index in [4.69, 9.17) is 0 Å². The van der Waals surface area contributed by atoms with Gasteiger partial charge < -0.3 is 9.13 Å². The fourth-order valence-corrected chi connectivity index (χ4v) is 6.61. The first-order valence-electron chi connectivity index (χ1n) is 14.7.